The second kappa shape index (κ2) is 8.02. The number of thiazole rings is 1. The van der Waals surface area contributed by atoms with Crippen molar-refractivity contribution in [2.24, 2.45) is 0 Å². The Morgan fingerprint density at radius 1 is 1.10 bits per heavy atom. The van der Waals surface area contributed by atoms with Gasteiger partial charge in [-0.25, -0.2) is 9.78 Å². The van der Waals surface area contributed by atoms with Crippen molar-refractivity contribution in [2.75, 3.05) is 43.5 Å². The molecule has 6 nitrogen and oxygen atoms in total. The number of alkyl halides is 3. The number of amides is 2. The molecule has 158 valence electrons. The van der Waals surface area contributed by atoms with Gasteiger partial charge in [0.1, 0.15) is 11.3 Å². The van der Waals surface area contributed by atoms with Gasteiger partial charge in [0.05, 0.1) is 23.1 Å². The van der Waals surface area contributed by atoms with E-state index in [1.165, 1.54) is 23.1 Å². The van der Waals surface area contributed by atoms with Crippen LogP contribution in [0, 0.1) is 0 Å². The minimum absolute atomic E-state index is 0.240. The van der Waals surface area contributed by atoms with Crippen LogP contribution in [0.4, 0.5) is 28.8 Å². The van der Waals surface area contributed by atoms with Crippen molar-refractivity contribution in [1.29, 1.82) is 0 Å². The Labute approximate surface area is 174 Å². The zero-order chi connectivity index (χ0) is 21.3. The number of rotatable bonds is 3. The number of nitrogens with one attached hydrogen (secondary N) is 1. The summed E-state index contributed by atoms with van der Waals surface area (Å²) >= 11 is 1.54. The van der Waals surface area contributed by atoms with Gasteiger partial charge in [0.25, 0.3) is 0 Å². The van der Waals surface area contributed by atoms with Crippen molar-refractivity contribution in [3.63, 3.8) is 0 Å². The molecule has 10 heteroatoms. The highest BCUT2D eigenvalue weighted by Crippen LogP contribution is 2.36. The molecule has 1 aromatic heterocycles. The average Bonchev–Trinajstić information content (AvgIpc) is 3.18. The van der Waals surface area contributed by atoms with E-state index in [-0.39, 0.29) is 5.69 Å². The Bertz CT molecular complexity index is 1060. The molecule has 0 radical (unpaired) electrons. The molecule has 1 fully saturated rings. The summed E-state index contributed by atoms with van der Waals surface area (Å²) in [6.45, 7) is 1.84. The summed E-state index contributed by atoms with van der Waals surface area (Å²) in [7, 11) is 1.60. The standard InChI is InChI=1S/C20H19F3N4O2S/c1-29-15-7-4-8-16-17(15)25-19(30-16)27-11-9-26(10-12-27)18(28)24-14-6-3-2-5-13(14)20(21,22)23/h2-8H,9-12H2,1H3,(H,24,28). The Balaban J connectivity index is 1.42. The van der Waals surface area contributed by atoms with Crippen molar-refractivity contribution < 1.29 is 22.7 Å². The van der Waals surface area contributed by atoms with E-state index < -0.39 is 17.8 Å². The van der Waals surface area contributed by atoms with E-state index in [0.29, 0.717) is 31.9 Å². The maximum atomic E-state index is 13.1. The van der Waals surface area contributed by atoms with Gasteiger partial charge in [-0.3, -0.25) is 0 Å². The highest BCUT2D eigenvalue weighted by molar-refractivity contribution is 7.22. The maximum Gasteiger partial charge on any atom is 0.418 e. The number of methoxy groups -OCH3 is 1. The molecule has 0 atom stereocenters. The molecule has 1 aliphatic heterocycles. The lowest BCUT2D eigenvalue weighted by Crippen LogP contribution is -2.50. The number of anilines is 2. The SMILES string of the molecule is COc1cccc2sc(N3CCN(C(=O)Nc4ccccc4C(F)(F)F)CC3)nc12. The zero-order valence-electron chi connectivity index (χ0n) is 16.1. The zero-order valence-corrected chi connectivity index (χ0v) is 16.9. The first-order valence-corrected chi connectivity index (χ1v) is 10.1. The summed E-state index contributed by atoms with van der Waals surface area (Å²) in [5, 5.41) is 3.23. The molecular formula is C20H19F3N4O2S. The van der Waals surface area contributed by atoms with Crippen LogP contribution in [0.5, 0.6) is 5.75 Å². The van der Waals surface area contributed by atoms with Crippen molar-refractivity contribution in [2.45, 2.75) is 6.18 Å². The molecule has 1 N–H and O–H groups in total. The van der Waals surface area contributed by atoms with Crippen molar-refractivity contribution in [3.05, 3.63) is 48.0 Å². The van der Waals surface area contributed by atoms with Crippen molar-refractivity contribution in [3.8, 4) is 5.75 Å². The lowest BCUT2D eigenvalue weighted by Gasteiger charge is -2.34. The molecule has 1 aliphatic rings. The number of hydrogen-bond donors (Lipinski definition) is 1. The van der Waals surface area contributed by atoms with Gasteiger partial charge in [-0.15, -0.1) is 0 Å². The van der Waals surface area contributed by atoms with Crippen LogP contribution in [-0.2, 0) is 6.18 Å². The van der Waals surface area contributed by atoms with E-state index in [9.17, 15) is 18.0 Å². The first-order valence-electron chi connectivity index (χ1n) is 9.27. The molecule has 0 unspecified atom stereocenters. The van der Waals surface area contributed by atoms with Gasteiger partial charge in [0.15, 0.2) is 5.13 Å². The molecule has 2 amide bonds. The number of benzene rings is 2. The summed E-state index contributed by atoms with van der Waals surface area (Å²) in [5.74, 6) is 0.705. The van der Waals surface area contributed by atoms with E-state index in [4.69, 9.17) is 4.74 Å². The van der Waals surface area contributed by atoms with Gasteiger partial charge < -0.3 is 19.9 Å². The molecule has 0 bridgehead atoms. The fourth-order valence-corrected chi connectivity index (χ4v) is 4.38. The molecular weight excluding hydrogens is 417 g/mol. The molecule has 0 spiro atoms. The van der Waals surface area contributed by atoms with Crippen LogP contribution in [0.3, 0.4) is 0 Å². The number of aromatic nitrogens is 1. The van der Waals surface area contributed by atoms with Crippen molar-refractivity contribution >= 4 is 38.4 Å². The largest absolute Gasteiger partial charge is 0.494 e. The fourth-order valence-electron chi connectivity index (χ4n) is 3.35. The number of piperazine rings is 1. The van der Waals surface area contributed by atoms with Crippen LogP contribution in [-0.4, -0.2) is 49.2 Å². The lowest BCUT2D eigenvalue weighted by molar-refractivity contribution is -0.136. The predicted octanol–water partition coefficient (Wildman–Crippen LogP) is 4.68. The Hall–Kier alpha value is -3.01. The number of ether oxygens (including phenoxy) is 1. The molecule has 3 aromatic rings. The highest BCUT2D eigenvalue weighted by Gasteiger charge is 2.34. The number of nitrogens with zero attached hydrogens (tertiary/aromatic N) is 3. The average molecular weight is 436 g/mol. The van der Waals surface area contributed by atoms with Crippen molar-refractivity contribution in [1.82, 2.24) is 9.88 Å². The molecule has 4 rings (SSSR count). The third-order valence-electron chi connectivity index (χ3n) is 4.90. The van der Waals surface area contributed by atoms with Gasteiger partial charge in [-0.1, -0.05) is 29.5 Å². The van der Waals surface area contributed by atoms with Crippen LogP contribution in [0.15, 0.2) is 42.5 Å². The fraction of sp³-hybridized carbons (Fsp3) is 0.300. The van der Waals surface area contributed by atoms with E-state index in [0.717, 1.165) is 21.4 Å². The van der Waals surface area contributed by atoms with Gasteiger partial charge in [0, 0.05) is 26.2 Å². The molecule has 2 aromatic carbocycles. The van der Waals surface area contributed by atoms with Crippen LogP contribution in [0.1, 0.15) is 5.56 Å². The van der Waals surface area contributed by atoms with E-state index in [1.54, 1.807) is 18.4 Å². The van der Waals surface area contributed by atoms with Gasteiger partial charge in [0.2, 0.25) is 0 Å². The number of urea groups is 1. The lowest BCUT2D eigenvalue weighted by atomic mass is 10.1. The van der Waals surface area contributed by atoms with Gasteiger partial charge in [-0.05, 0) is 24.3 Å². The first kappa shape index (κ1) is 20.3. The molecule has 0 aliphatic carbocycles. The van der Waals surface area contributed by atoms with Crippen LogP contribution in [0.2, 0.25) is 0 Å². The maximum absolute atomic E-state index is 13.1. The van der Waals surface area contributed by atoms with E-state index in [1.807, 2.05) is 18.2 Å². The summed E-state index contributed by atoms with van der Waals surface area (Å²) < 4.78 is 45.8. The Morgan fingerprint density at radius 3 is 2.53 bits per heavy atom. The number of para-hydroxylation sites is 2. The predicted molar refractivity (Wildman–Crippen MR) is 110 cm³/mol. The number of halogens is 3. The van der Waals surface area contributed by atoms with Crippen LogP contribution in [0.25, 0.3) is 10.2 Å². The second-order valence-corrected chi connectivity index (χ2v) is 7.76. The van der Waals surface area contributed by atoms with E-state index >= 15 is 0 Å². The smallest absolute Gasteiger partial charge is 0.418 e. The third-order valence-corrected chi connectivity index (χ3v) is 5.98. The topological polar surface area (TPSA) is 57.7 Å². The summed E-state index contributed by atoms with van der Waals surface area (Å²) in [4.78, 5) is 20.8. The highest BCUT2D eigenvalue weighted by atomic mass is 32.1. The second-order valence-electron chi connectivity index (χ2n) is 6.75. The number of fused-ring (bicyclic) bond motifs is 1. The normalized spacial score (nSPS) is 14.8. The third kappa shape index (κ3) is 4.00. The number of carbonyl (C=O) groups is 1. The van der Waals surface area contributed by atoms with Crippen LogP contribution >= 0.6 is 11.3 Å². The van der Waals surface area contributed by atoms with E-state index in [2.05, 4.69) is 15.2 Å². The molecule has 1 saturated heterocycles. The Kier molecular flexibility index (Phi) is 5.42. The van der Waals surface area contributed by atoms with Gasteiger partial charge in [-0.2, -0.15) is 13.2 Å². The van der Waals surface area contributed by atoms with Crippen LogP contribution < -0.4 is 15.0 Å². The minimum atomic E-state index is -4.53. The van der Waals surface area contributed by atoms with Gasteiger partial charge >= 0.3 is 12.2 Å². The number of hydrogen-bond acceptors (Lipinski definition) is 5. The summed E-state index contributed by atoms with van der Waals surface area (Å²) in [6, 6.07) is 10.2. The molecule has 30 heavy (non-hydrogen) atoms. The quantitative estimate of drug-likeness (QED) is 0.648. The monoisotopic (exact) mass is 436 g/mol. The number of carbonyl (C=O) groups excluding carboxylic acids is 1. The molecule has 0 saturated carbocycles. The summed E-state index contributed by atoms with van der Waals surface area (Å²) in [5.41, 5.74) is -0.306. The Morgan fingerprint density at radius 2 is 1.83 bits per heavy atom. The minimum Gasteiger partial charge on any atom is -0.494 e. The molecule has 2 heterocycles. The first-order chi connectivity index (χ1) is 14.4. The summed E-state index contributed by atoms with van der Waals surface area (Å²) in [6.07, 6.45) is -4.53.